The average molecular weight is 452 g/mol. The summed E-state index contributed by atoms with van der Waals surface area (Å²) in [6.07, 6.45) is 9.37. The molecule has 0 saturated carbocycles. The highest BCUT2D eigenvalue weighted by molar-refractivity contribution is 5.90. The molecule has 0 unspecified atom stereocenters. The topological polar surface area (TPSA) is 85.8 Å². The van der Waals surface area contributed by atoms with Gasteiger partial charge < -0.3 is 20.4 Å². The molecule has 0 amide bonds. The maximum atomic E-state index is 9.71. The summed E-state index contributed by atoms with van der Waals surface area (Å²) >= 11 is 0. The van der Waals surface area contributed by atoms with E-state index in [1.807, 2.05) is 31.3 Å². The van der Waals surface area contributed by atoms with Crippen LogP contribution in [0.15, 0.2) is 61.1 Å². The Kier molecular flexibility index (Phi) is 7.71. The van der Waals surface area contributed by atoms with Crippen LogP contribution in [0.4, 0.5) is 11.4 Å². The Hall–Kier alpha value is -3.92. The van der Waals surface area contributed by atoms with E-state index >= 15 is 0 Å². The van der Waals surface area contributed by atoms with Gasteiger partial charge in [0.25, 0.3) is 0 Å². The quantitative estimate of drug-likeness (QED) is 0.266. The minimum atomic E-state index is 0.503. The first-order chi connectivity index (χ1) is 16.7. The fourth-order valence-electron chi connectivity index (χ4n) is 3.90. The van der Waals surface area contributed by atoms with Gasteiger partial charge in [0.05, 0.1) is 17.9 Å². The van der Waals surface area contributed by atoms with E-state index in [1.54, 1.807) is 12.4 Å². The molecule has 0 saturated heterocycles. The van der Waals surface area contributed by atoms with E-state index in [0.717, 1.165) is 58.7 Å². The molecule has 4 rings (SSSR count). The molecule has 34 heavy (non-hydrogen) atoms. The van der Waals surface area contributed by atoms with E-state index in [4.69, 9.17) is 4.74 Å². The zero-order valence-electron chi connectivity index (χ0n) is 19.6. The molecule has 6 nitrogen and oxygen atoms in total. The summed E-state index contributed by atoms with van der Waals surface area (Å²) in [6.45, 7) is 7.14. The van der Waals surface area contributed by atoms with E-state index in [0.29, 0.717) is 12.2 Å². The molecule has 6 heteroatoms. The van der Waals surface area contributed by atoms with Crippen molar-refractivity contribution < 1.29 is 4.74 Å². The molecular weight excluding hydrogens is 422 g/mol. The normalized spacial score (nSPS) is 11.2. The van der Waals surface area contributed by atoms with Gasteiger partial charge >= 0.3 is 0 Å². The molecule has 0 aliphatic carbocycles. The third kappa shape index (κ3) is 5.52. The lowest BCUT2D eigenvalue weighted by atomic mass is 10.1. The van der Waals surface area contributed by atoms with Crippen molar-refractivity contribution in [3.8, 4) is 6.07 Å². The van der Waals surface area contributed by atoms with Gasteiger partial charge in [-0.25, -0.2) is 0 Å². The van der Waals surface area contributed by atoms with Crippen molar-refractivity contribution in [2.45, 2.75) is 20.4 Å². The minimum Gasteiger partial charge on any atom is -0.380 e. The number of ether oxygens (including phenoxy) is 1. The van der Waals surface area contributed by atoms with Gasteiger partial charge in [-0.05, 0) is 48.7 Å². The average Bonchev–Trinajstić information content (AvgIpc) is 3.35. The molecule has 3 N–H and O–H groups in total. The zero-order valence-corrected chi connectivity index (χ0v) is 19.6. The summed E-state index contributed by atoms with van der Waals surface area (Å²) in [4.78, 5) is 7.51. The van der Waals surface area contributed by atoms with Crippen LogP contribution in [0.2, 0.25) is 0 Å². The standard InChI is InChI=1S/C28H29N5O/c1-3-34-14-13-30-17-22-6-4-5-21(15-22)7-8-23-18-31-19-24(16-29)28(23)33-26-9-10-27-25(20(26)2)11-12-32-27/h4-12,15,18-19,30,32H,3,13-14,17H2,1-2H3,(H,31,33). The number of aryl methyl sites for hydroxylation is 1. The first-order valence-corrected chi connectivity index (χ1v) is 11.5. The van der Waals surface area contributed by atoms with Crippen molar-refractivity contribution in [1.29, 1.82) is 5.26 Å². The van der Waals surface area contributed by atoms with Crippen molar-refractivity contribution in [2.75, 3.05) is 25.1 Å². The predicted molar refractivity (Wildman–Crippen MR) is 139 cm³/mol. The van der Waals surface area contributed by atoms with Gasteiger partial charge in [0.1, 0.15) is 6.07 Å². The van der Waals surface area contributed by atoms with E-state index in [9.17, 15) is 5.26 Å². The highest BCUT2D eigenvalue weighted by Gasteiger charge is 2.11. The lowest BCUT2D eigenvalue weighted by molar-refractivity contribution is 0.149. The maximum Gasteiger partial charge on any atom is 0.103 e. The number of fused-ring (bicyclic) bond motifs is 1. The van der Waals surface area contributed by atoms with Gasteiger partial charge in [-0.2, -0.15) is 5.26 Å². The van der Waals surface area contributed by atoms with Crippen LogP contribution in [0.5, 0.6) is 0 Å². The summed E-state index contributed by atoms with van der Waals surface area (Å²) in [6, 6.07) is 16.8. The monoisotopic (exact) mass is 451 g/mol. The number of pyridine rings is 1. The van der Waals surface area contributed by atoms with Gasteiger partial charge in [-0.15, -0.1) is 0 Å². The fraction of sp³-hybridized carbons (Fsp3) is 0.214. The Bertz CT molecular complexity index is 1330. The van der Waals surface area contributed by atoms with Crippen LogP contribution >= 0.6 is 0 Å². The van der Waals surface area contributed by atoms with E-state index in [-0.39, 0.29) is 0 Å². The van der Waals surface area contributed by atoms with Crippen molar-refractivity contribution >= 4 is 34.4 Å². The number of hydrogen-bond donors (Lipinski definition) is 3. The summed E-state index contributed by atoms with van der Waals surface area (Å²) in [7, 11) is 0. The van der Waals surface area contributed by atoms with Gasteiger partial charge in [0.2, 0.25) is 0 Å². The van der Waals surface area contributed by atoms with Gasteiger partial charge in [-0.3, -0.25) is 4.98 Å². The van der Waals surface area contributed by atoms with Crippen LogP contribution in [-0.2, 0) is 11.3 Å². The van der Waals surface area contributed by atoms with Crippen LogP contribution in [0.1, 0.15) is 34.7 Å². The number of aromatic nitrogens is 2. The second kappa shape index (κ2) is 11.3. The highest BCUT2D eigenvalue weighted by atomic mass is 16.5. The van der Waals surface area contributed by atoms with Crippen LogP contribution in [0.3, 0.4) is 0 Å². The Morgan fingerprint density at radius 3 is 2.91 bits per heavy atom. The van der Waals surface area contributed by atoms with Crippen LogP contribution in [0.25, 0.3) is 23.1 Å². The molecule has 0 aliphatic rings. The summed E-state index contributed by atoms with van der Waals surface area (Å²) < 4.78 is 5.37. The van der Waals surface area contributed by atoms with Crippen molar-refractivity contribution in [3.63, 3.8) is 0 Å². The molecule has 4 aromatic rings. The largest absolute Gasteiger partial charge is 0.380 e. The number of rotatable bonds is 10. The molecule has 172 valence electrons. The van der Waals surface area contributed by atoms with Crippen LogP contribution < -0.4 is 10.6 Å². The lowest BCUT2D eigenvalue weighted by Crippen LogP contribution is -2.19. The first kappa shape index (κ1) is 23.2. The Morgan fingerprint density at radius 1 is 1.15 bits per heavy atom. The molecule has 0 fully saturated rings. The Balaban J connectivity index is 1.55. The third-order valence-corrected chi connectivity index (χ3v) is 5.72. The number of H-pyrrole nitrogens is 1. The van der Waals surface area contributed by atoms with Crippen LogP contribution in [-0.4, -0.2) is 29.7 Å². The highest BCUT2D eigenvalue weighted by Crippen LogP contribution is 2.31. The van der Waals surface area contributed by atoms with E-state index < -0.39 is 0 Å². The van der Waals surface area contributed by atoms with Crippen molar-refractivity contribution in [2.24, 2.45) is 0 Å². The van der Waals surface area contributed by atoms with Gasteiger partial charge in [0.15, 0.2) is 0 Å². The summed E-state index contributed by atoms with van der Waals surface area (Å²) in [5, 5.41) is 17.7. The Labute approximate surface area is 200 Å². The smallest absolute Gasteiger partial charge is 0.103 e. The SMILES string of the molecule is CCOCCNCc1cccc(C=Cc2cncc(C#N)c2Nc2ccc3[nH]ccc3c2C)c1. The van der Waals surface area contributed by atoms with Crippen LogP contribution in [0, 0.1) is 18.3 Å². The minimum absolute atomic E-state index is 0.503. The molecule has 0 radical (unpaired) electrons. The molecule has 2 heterocycles. The molecule has 0 spiro atoms. The molecule has 0 aliphatic heterocycles. The number of nitriles is 1. The summed E-state index contributed by atoms with van der Waals surface area (Å²) in [5.41, 5.74) is 7.57. The number of nitrogens with one attached hydrogen (secondary N) is 3. The van der Waals surface area contributed by atoms with Gasteiger partial charge in [-0.1, -0.05) is 36.4 Å². The van der Waals surface area contributed by atoms with Crippen molar-refractivity contribution in [3.05, 3.63) is 88.9 Å². The number of hydrogen-bond acceptors (Lipinski definition) is 5. The second-order valence-electron chi connectivity index (χ2n) is 8.02. The number of benzene rings is 2. The lowest BCUT2D eigenvalue weighted by Gasteiger charge is -2.14. The molecule has 0 atom stereocenters. The predicted octanol–water partition coefficient (Wildman–Crippen LogP) is 5.78. The van der Waals surface area contributed by atoms with Gasteiger partial charge in [0, 0.05) is 60.4 Å². The number of aromatic amines is 1. The summed E-state index contributed by atoms with van der Waals surface area (Å²) in [5.74, 6) is 0. The Morgan fingerprint density at radius 2 is 2.06 bits per heavy atom. The maximum absolute atomic E-state index is 9.71. The third-order valence-electron chi connectivity index (χ3n) is 5.72. The number of anilines is 2. The van der Waals surface area contributed by atoms with E-state index in [1.165, 1.54) is 5.56 Å². The fourth-order valence-corrected chi connectivity index (χ4v) is 3.90. The molecule has 0 bridgehead atoms. The second-order valence-corrected chi connectivity index (χ2v) is 8.02. The molecule has 2 aromatic heterocycles. The molecular formula is C28H29N5O. The van der Waals surface area contributed by atoms with E-state index in [2.05, 4.69) is 70.0 Å². The van der Waals surface area contributed by atoms with Crippen molar-refractivity contribution in [1.82, 2.24) is 15.3 Å². The zero-order chi connectivity index (χ0) is 23.8. The first-order valence-electron chi connectivity index (χ1n) is 11.5. The number of nitrogens with zero attached hydrogens (tertiary/aromatic N) is 2. The molecule has 2 aromatic carbocycles.